The standard InChI is InChI=1S/C7H16O2P.Na.H/c1-3-4-5-6-7-9-10(2)8;;/h3-7H2,1-2H3;;/q2*+1;-1. The van der Waals surface area contributed by atoms with Crippen molar-refractivity contribution in [3.63, 3.8) is 0 Å². The van der Waals surface area contributed by atoms with Crippen LogP contribution in [0.2, 0.25) is 0 Å². The molecule has 4 heteroatoms. The Labute approximate surface area is 93.7 Å². The number of rotatable bonds is 6. The van der Waals surface area contributed by atoms with Crippen LogP contribution in [0.15, 0.2) is 0 Å². The zero-order chi connectivity index (χ0) is 7.82. The van der Waals surface area contributed by atoms with Crippen molar-refractivity contribution in [2.45, 2.75) is 32.6 Å². The monoisotopic (exact) mass is 187 g/mol. The molecule has 0 aliphatic heterocycles. The fourth-order valence-electron chi connectivity index (χ4n) is 0.722. The van der Waals surface area contributed by atoms with Crippen LogP contribution in [0.1, 0.15) is 34.0 Å². The van der Waals surface area contributed by atoms with Gasteiger partial charge in [0, 0.05) is 0 Å². The summed E-state index contributed by atoms with van der Waals surface area (Å²) in [6.07, 6.45) is 4.73. The third kappa shape index (κ3) is 14.0. The topological polar surface area (TPSA) is 26.3 Å². The van der Waals surface area contributed by atoms with Crippen molar-refractivity contribution < 1.29 is 40.1 Å². The van der Waals surface area contributed by atoms with Gasteiger partial charge in [-0.25, -0.2) is 0 Å². The van der Waals surface area contributed by atoms with E-state index in [1.165, 1.54) is 19.3 Å². The molecule has 0 N–H and O–H groups in total. The minimum absolute atomic E-state index is 0. The Kier molecular flexibility index (Phi) is 14.7. The third-order valence-corrected chi connectivity index (χ3v) is 1.82. The predicted molar refractivity (Wildman–Crippen MR) is 44.7 cm³/mol. The molecule has 11 heavy (non-hydrogen) atoms. The molecule has 0 aromatic carbocycles. The summed E-state index contributed by atoms with van der Waals surface area (Å²) in [5.41, 5.74) is 0. The van der Waals surface area contributed by atoms with Crippen LogP contribution in [-0.2, 0) is 9.09 Å². The van der Waals surface area contributed by atoms with E-state index in [-0.39, 0.29) is 31.0 Å². The second kappa shape index (κ2) is 11.1. The molecule has 1 atom stereocenters. The van der Waals surface area contributed by atoms with Crippen LogP contribution < -0.4 is 29.6 Å². The van der Waals surface area contributed by atoms with E-state index in [0.717, 1.165) is 6.42 Å². The minimum Gasteiger partial charge on any atom is -1.00 e. The van der Waals surface area contributed by atoms with Crippen molar-refractivity contribution in [1.82, 2.24) is 0 Å². The van der Waals surface area contributed by atoms with Gasteiger partial charge in [-0.3, -0.25) is 0 Å². The van der Waals surface area contributed by atoms with E-state index in [2.05, 4.69) is 6.92 Å². The van der Waals surface area contributed by atoms with Crippen LogP contribution in [0.4, 0.5) is 0 Å². The molecule has 0 fully saturated rings. The Bertz CT molecular complexity index is 103. The maximum absolute atomic E-state index is 10.4. The molecule has 0 amide bonds. The zero-order valence-electron chi connectivity index (χ0n) is 8.80. The van der Waals surface area contributed by atoms with E-state index in [1.54, 1.807) is 6.66 Å². The smallest absolute Gasteiger partial charge is 1.00 e. The van der Waals surface area contributed by atoms with Gasteiger partial charge in [0.1, 0.15) is 6.61 Å². The first-order valence-corrected chi connectivity index (χ1v) is 5.43. The average Bonchev–Trinajstić information content (AvgIpc) is 1.87. The van der Waals surface area contributed by atoms with Crippen molar-refractivity contribution in [2.75, 3.05) is 13.3 Å². The average molecular weight is 187 g/mol. The summed E-state index contributed by atoms with van der Waals surface area (Å²) in [6, 6.07) is 0. The Morgan fingerprint density at radius 3 is 2.45 bits per heavy atom. The van der Waals surface area contributed by atoms with E-state index in [4.69, 9.17) is 4.52 Å². The third-order valence-electron chi connectivity index (χ3n) is 1.27. The molecule has 0 aliphatic rings. The van der Waals surface area contributed by atoms with Gasteiger partial charge in [0.25, 0.3) is 0 Å². The SMILES string of the molecule is CCCCCCO[P+](C)=O.[H-].[Na+]. The summed E-state index contributed by atoms with van der Waals surface area (Å²) in [6.45, 7) is 4.42. The second-order valence-corrected chi connectivity index (χ2v) is 3.47. The maximum Gasteiger partial charge on any atom is 1.00 e. The fourth-order valence-corrected chi connectivity index (χ4v) is 1.11. The van der Waals surface area contributed by atoms with Crippen LogP contribution in [0.25, 0.3) is 0 Å². The van der Waals surface area contributed by atoms with Gasteiger partial charge in [0.2, 0.25) is 0 Å². The van der Waals surface area contributed by atoms with Crippen molar-refractivity contribution in [3.05, 3.63) is 0 Å². The largest absolute Gasteiger partial charge is 1.00 e. The van der Waals surface area contributed by atoms with Crippen LogP contribution >= 0.6 is 8.03 Å². The van der Waals surface area contributed by atoms with Gasteiger partial charge in [-0.1, -0.05) is 26.2 Å². The van der Waals surface area contributed by atoms with Crippen LogP contribution in [0, 0.1) is 0 Å². The summed E-state index contributed by atoms with van der Waals surface area (Å²) in [5, 5.41) is 0. The van der Waals surface area contributed by atoms with E-state index in [0.29, 0.717) is 6.61 Å². The molecule has 0 radical (unpaired) electrons. The Morgan fingerprint density at radius 2 is 2.00 bits per heavy atom. The molecule has 0 heterocycles. The van der Waals surface area contributed by atoms with Gasteiger partial charge in [-0.2, -0.15) is 0 Å². The Morgan fingerprint density at radius 1 is 1.36 bits per heavy atom. The van der Waals surface area contributed by atoms with E-state index < -0.39 is 8.03 Å². The van der Waals surface area contributed by atoms with Crippen LogP contribution in [-0.4, -0.2) is 13.3 Å². The van der Waals surface area contributed by atoms with Gasteiger partial charge in [0.05, 0.1) is 0 Å². The molecular formula is C7H17NaO2P+. The van der Waals surface area contributed by atoms with E-state index in [1.807, 2.05) is 0 Å². The van der Waals surface area contributed by atoms with E-state index in [9.17, 15) is 4.57 Å². The molecule has 0 spiro atoms. The summed E-state index contributed by atoms with van der Waals surface area (Å²) in [7, 11) is -1.37. The first kappa shape index (κ1) is 14.6. The van der Waals surface area contributed by atoms with Crippen molar-refractivity contribution in [3.8, 4) is 0 Å². The van der Waals surface area contributed by atoms with Crippen molar-refractivity contribution in [2.24, 2.45) is 0 Å². The second-order valence-electron chi connectivity index (χ2n) is 2.33. The van der Waals surface area contributed by atoms with Gasteiger partial charge >= 0.3 is 37.6 Å². The van der Waals surface area contributed by atoms with Crippen LogP contribution in [0.3, 0.4) is 0 Å². The van der Waals surface area contributed by atoms with Gasteiger partial charge in [0.15, 0.2) is 6.66 Å². The molecule has 62 valence electrons. The molecule has 0 aromatic rings. The first-order valence-electron chi connectivity index (χ1n) is 3.81. The molecular weight excluding hydrogens is 170 g/mol. The molecule has 0 aliphatic carbocycles. The molecule has 0 saturated heterocycles. The molecule has 2 nitrogen and oxygen atoms in total. The molecule has 0 rings (SSSR count). The van der Waals surface area contributed by atoms with Gasteiger partial charge in [-0.05, 0) is 11.0 Å². The van der Waals surface area contributed by atoms with E-state index >= 15 is 0 Å². The molecule has 1 unspecified atom stereocenters. The maximum atomic E-state index is 10.4. The molecule has 0 aromatic heterocycles. The number of hydrogen-bond acceptors (Lipinski definition) is 2. The minimum atomic E-state index is -1.37. The Hall–Kier alpha value is 1.06. The van der Waals surface area contributed by atoms with Gasteiger partial charge < -0.3 is 1.43 Å². The Balaban J connectivity index is -0.000000405. The summed E-state index contributed by atoms with van der Waals surface area (Å²) in [5.74, 6) is 0. The molecule has 0 saturated carbocycles. The summed E-state index contributed by atoms with van der Waals surface area (Å²) < 4.78 is 15.3. The van der Waals surface area contributed by atoms with Crippen LogP contribution in [0.5, 0.6) is 0 Å². The summed E-state index contributed by atoms with van der Waals surface area (Å²) in [4.78, 5) is 0. The molecule has 0 bridgehead atoms. The summed E-state index contributed by atoms with van der Waals surface area (Å²) >= 11 is 0. The number of unbranched alkanes of at least 4 members (excludes halogenated alkanes) is 3. The van der Waals surface area contributed by atoms with Gasteiger partial charge in [-0.15, -0.1) is 4.52 Å². The quantitative estimate of drug-likeness (QED) is 0.334. The number of hydrogen-bond donors (Lipinski definition) is 0. The predicted octanol–water partition coefficient (Wildman–Crippen LogP) is 0.0720. The van der Waals surface area contributed by atoms with Crippen molar-refractivity contribution >= 4 is 8.03 Å². The normalized spacial score (nSPS) is 10.5. The zero-order valence-corrected chi connectivity index (χ0v) is 10.7. The first-order chi connectivity index (χ1) is 4.77. The van der Waals surface area contributed by atoms with Crippen molar-refractivity contribution in [1.29, 1.82) is 0 Å². The fraction of sp³-hybridized carbons (Fsp3) is 1.00.